The third-order valence-electron chi connectivity index (χ3n) is 4.45. The SMILES string of the molecule is N#C[C@H](C(=O)CCc1ccccc1F)c1nnc2n1CCCCC2. The molecule has 0 saturated heterocycles. The van der Waals surface area contributed by atoms with Gasteiger partial charge in [0.25, 0.3) is 0 Å². The topological polar surface area (TPSA) is 71.6 Å². The molecule has 24 heavy (non-hydrogen) atoms. The predicted octanol–water partition coefficient (Wildman–Crippen LogP) is 2.95. The number of hydrogen-bond acceptors (Lipinski definition) is 4. The minimum absolute atomic E-state index is 0.112. The Hall–Kier alpha value is -2.55. The summed E-state index contributed by atoms with van der Waals surface area (Å²) in [7, 11) is 0. The summed E-state index contributed by atoms with van der Waals surface area (Å²) in [6.07, 6.45) is 4.39. The summed E-state index contributed by atoms with van der Waals surface area (Å²) in [4.78, 5) is 12.5. The number of nitrogens with zero attached hydrogens (tertiary/aromatic N) is 4. The predicted molar refractivity (Wildman–Crippen MR) is 85.7 cm³/mol. The lowest BCUT2D eigenvalue weighted by Gasteiger charge is -2.11. The van der Waals surface area contributed by atoms with E-state index in [2.05, 4.69) is 16.3 Å². The summed E-state index contributed by atoms with van der Waals surface area (Å²) in [5.41, 5.74) is 0.489. The molecule has 1 aromatic heterocycles. The van der Waals surface area contributed by atoms with Gasteiger partial charge in [-0.3, -0.25) is 4.79 Å². The molecule has 5 nitrogen and oxygen atoms in total. The van der Waals surface area contributed by atoms with E-state index in [0.717, 1.165) is 38.1 Å². The standard InChI is InChI=1S/C18H19FN4O/c19-15-7-4-3-6-13(15)9-10-16(24)14(12-20)18-22-21-17-8-2-1-5-11-23(17)18/h3-4,6-7,14H,1-2,5,8-11H2/t14-/m1/s1. The summed E-state index contributed by atoms with van der Waals surface area (Å²) >= 11 is 0. The van der Waals surface area contributed by atoms with E-state index in [9.17, 15) is 14.4 Å². The molecular formula is C18H19FN4O. The molecule has 0 amide bonds. The van der Waals surface area contributed by atoms with Crippen molar-refractivity contribution in [2.24, 2.45) is 0 Å². The second-order valence-corrected chi connectivity index (χ2v) is 6.06. The number of hydrogen-bond donors (Lipinski definition) is 0. The molecule has 3 rings (SSSR count). The van der Waals surface area contributed by atoms with Crippen molar-refractivity contribution in [3.05, 3.63) is 47.3 Å². The Kier molecular flexibility index (Phi) is 4.99. The number of rotatable bonds is 5. The highest BCUT2D eigenvalue weighted by Crippen LogP contribution is 2.22. The molecule has 2 heterocycles. The van der Waals surface area contributed by atoms with Crippen LogP contribution in [0.3, 0.4) is 0 Å². The lowest BCUT2D eigenvalue weighted by Crippen LogP contribution is -2.18. The van der Waals surface area contributed by atoms with Crippen molar-refractivity contribution in [2.45, 2.75) is 51.0 Å². The van der Waals surface area contributed by atoms with Crippen LogP contribution in [0.2, 0.25) is 0 Å². The summed E-state index contributed by atoms with van der Waals surface area (Å²) in [5, 5.41) is 17.7. The van der Waals surface area contributed by atoms with Crippen molar-refractivity contribution in [3.63, 3.8) is 0 Å². The molecule has 0 bridgehead atoms. The molecular weight excluding hydrogens is 307 g/mol. The number of Topliss-reactive ketones (excluding diaryl/α,β-unsaturated/α-hetero) is 1. The maximum Gasteiger partial charge on any atom is 0.164 e. The molecule has 2 aromatic rings. The number of fused-ring (bicyclic) bond motifs is 1. The van der Waals surface area contributed by atoms with Crippen LogP contribution in [0.25, 0.3) is 0 Å². The van der Waals surface area contributed by atoms with Crippen molar-refractivity contribution in [3.8, 4) is 6.07 Å². The second kappa shape index (κ2) is 7.35. The second-order valence-electron chi connectivity index (χ2n) is 6.06. The number of benzene rings is 1. The molecule has 1 aliphatic rings. The maximum absolute atomic E-state index is 13.7. The zero-order valence-corrected chi connectivity index (χ0v) is 13.4. The Balaban J connectivity index is 1.75. The average Bonchev–Trinajstić information content (AvgIpc) is 2.83. The van der Waals surface area contributed by atoms with Crippen LogP contribution >= 0.6 is 0 Å². The molecule has 0 aliphatic carbocycles. The Morgan fingerprint density at radius 3 is 2.92 bits per heavy atom. The molecule has 0 fully saturated rings. The molecule has 0 spiro atoms. The van der Waals surface area contributed by atoms with Gasteiger partial charge < -0.3 is 4.57 Å². The normalized spacial score (nSPS) is 15.2. The number of aryl methyl sites for hydroxylation is 2. The van der Waals surface area contributed by atoms with Gasteiger partial charge in [0.2, 0.25) is 0 Å². The fraction of sp³-hybridized carbons (Fsp3) is 0.444. The van der Waals surface area contributed by atoms with Crippen molar-refractivity contribution >= 4 is 5.78 Å². The molecule has 0 saturated carbocycles. The van der Waals surface area contributed by atoms with Crippen LogP contribution in [0.15, 0.2) is 24.3 Å². The summed E-state index contributed by atoms with van der Waals surface area (Å²) in [6.45, 7) is 0.746. The zero-order chi connectivity index (χ0) is 16.9. The zero-order valence-electron chi connectivity index (χ0n) is 13.4. The van der Waals surface area contributed by atoms with Crippen LogP contribution in [-0.4, -0.2) is 20.5 Å². The van der Waals surface area contributed by atoms with E-state index in [0.29, 0.717) is 11.4 Å². The van der Waals surface area contributed by atoms with E-state index >= 15 is 0 Å². The van der Waals surface area contributed by atoms with E-state index in [1.165, 1.54) is 6.07 Å². The Morgan fingerprint density at radius 1 is 1.29 bits per heavy atom. The Morgan fingerprint density at radius 2 is 2.12 bits per heavy atom. The van der Waals surface area contributed by atoms with Gasteiger partial charge in [-0.05, 0) is 30.9 Å². The first-order valence-corrected chi connectivity index (χ1v) is 8.28. The van der Waals surface area contributed by atoms with E-state index in [4.69, 9.17) is 0 Å². The minimum atomic E-state index is -0.934. The summed E-state index contributed by atoms with van der Waals surface area (Å²) < 4.78 is 15.6. The largest absolute Gasteiger partial charge is 0.313 e. The molecule has 124 valence electrons. The third-order valence-corrected chi connectivity index (χ3v) is 4.45. The molecule has 1 aromatic carbocycles. The summed E-state index contributed by atoms with van der Waals surface area (Å²) in [5.74, 6) is -0.205. The van der Waals surface area contributed by atoms with Crippen molar-refractivity contribution in [2.75, 3.05) is 0 Å². The fourth-order valence-electron chi connectivity index (χ4n) is 3.10. The molecule has 0 radical (unpaired) electrons. The van der Waals surface area contributed by atoms with Crippen LogP contribution < -0.4 is 0 Å². The molecule has 0 N–H and O–H groups in total. The van der Waals surface area contributed by atoms with Crippen molar-refractivity contribution < 1.29 is 9.18 Å². The minimum Gasteiger partial charge on any atom is -0.313 e. The van der Waals surface area contributed by atoms with E-state index < -0.39 is 5.92 Å². The van der Waals surface area contributed by atoms with Crippen molar-refractivity contribution in [1.29, 1.82) is 5.26 Å². The highest BCUT2D eigenvalue weighted by atomic mass is 19.1. The van der Waals surface area contributed by atoms with Gasteiger partial charge in [-0.15, -0.1) is 10.2 Å². The number of carbonyl (C=O) groups excluding carboxylic acids is 1. The Labute approximate surface area is 140 Å². The maximum atomic E-state index is 13.7. The van der Waals surface area contributed by atoms with Gasteiger partial charge in [0.1, 0.15) is 11.6 Å². The van der Waals surface area contributed by atoms with Crippen LogP contribution in [0, 0.1) is 17.1 Å². The van der Waals surface area contributed by atoms with Gasteiger partial charge >= 0.3 is 0 Å². The van der Waals surface area contributed by atoms with Gasteiger partial charge in [-0.2, -0.15) is 5.26 Å². The average molecular weight is 326 g/mol. The molecule has 1 atom stereocenters. The number of carbonyl (C=O) groups is 1. The van der Waals surface area contributed by atoms with Gasteiger partial charge in [-0.1, -0.05) is 24.6 Å². The number of ketones is 1. The first-order valence-electron chi connectivity index (χ1n) is 8.28. The number of halogens is 1. The molecule has 0 unspecified atom stereocenters. The van der Waals surface area contributed by atoms with E-state index in [-0.39, 0.29) is 24.4 Å². The molecule has 6 heteroatoms. The van der Waals surface area contributed by atoms with Crippen LogP contribution in [0.5, 0.6) is 0 Å². The van der Waals surface area contributed by atoms with Gasteiger partial charge in [0, 0.05) is 19.4 Å². The first kappa shape index (κ1) is 16.3. The van der Waals surface area contributed by atoms with Gasteiger partial charge in [-0.25, -0.2) is 4.39 Å². The first-order chi connectivity index (χ1) is 11.7. The van der Waals surface area contributed by atoms with Crippen molar-refractivity contribution in [1.82, 2.24) is 14.8 Å². The van der Waals surface area contributed by atoms with Crippen LogP contribution in [0.4, 0.5) is 4.39 Å². The van der Waals surface area contributed by atoms with Crippen LogP contribution in [0.1, 0.15) is 48.8 Å². The lowest BCUT2D eigenvalue weighted by molar-refractivity contribution is -0.119. The highest BCUT2D eigenvalue weighted by Gasteiger charge is 2.27. The smallest absolute Gasteiger partial charge is 0.164 e. The number of nitriles is 1. The van der Waals surface area contributed by atoms with E-state index in [1.807, 2.05) is 4.57 Å². The Bertz CT molecular complexity index is 778. The number of aromatic nitrogens is 3. The lowest BCUT2D eigenvalue weighted by atomic mass is 9.98. The fourth-order valence-corrected chi connectivity index (χ4v) is 3.10. The van der Waals surface area contributed by atoms with E-state index in [1.54, 1.807) is 18.2 Å². The molecule has 1 aliphatic heterocycles. The quantitative estimate of drug-likeness (QED) is 0.847. The van der Waals surface area contributed by atoms with Crippen LogP contribution in [-0.2, 0) is 24.2 Å². The van der Waals surface area contributed by atoms with Gasteiger partial charge in [0.15, 0.2) is 17.5 Å². The highest BCUT2D eigenvalue weighted by molar-refractivity contribution is 5.87. The van der Waals surface area contributed by atoms with Gasteiger partial charge in [0.05, 0.1) is 6.07 Å². The monoisotopic (exact) mass is 326 g/mol. The third kappa shape index (κ3) is 3.35. The summed E-state index contributed by atoms with van der Waals surface area (Å²) in [6, 6.07) is 8.45.